The van der Waals surface area contributed by atoms with Crippen molar-refractivity contribution in [3.63, 3.8) is 0 Å². The molecule has 2 saturated heterocycles. The van der Waals surface area contributed by atoms with E-state index in [4.69, 9.17) is 28.4 Å². The SMILES string of the molecule is CCCCCCCC/C=C\CCCCCCCCOCC(COC1OC(COC2OC(CO)C(O)C(O)C2O)C(O)C(O)C1O)OC(=O)CCCCCCCCCC. The molecule has 11 atom stereocenters. The van der Waals surface area contributed by atoms with Crippen LogP contribution in [0.4, 0.5) is 0 Å². The molecule has 0 amide bonds. The van der Waals surface area contributed by atoms with Crippen LogP contribution in [-0.4, -0.2) is 142 Å². The second-order valence-corrected chi connectivity index (χ2v) is 16.2. The molecule has 0 saturated carbocycles. The summed E-state index contributed by atoms with van der Waals surface area (Å²) in [7, 11) is 0. The molecule has 0 aliphatic carbocycles. The van der Waals surface area contributed by atoms with Gasteiger partial charge < -0.3 is 64.2 Å². The highest BCUT2D eigenvalue weighted by molar-refractivity contribution is 5.69. The summed E-state index contributed by atoms with van der Waals surface area (Å²) in [5.74, 6) is -0.383. The Bertz CT molecular complexity index is 1020. The maximum Gasteiger partial charge on any atom is 0.306 e. The molecular formula is C44H82O14. The van der Waals surface area contributed by atoms with Gasteiger partial charge in [0, 0.05) is 13.0 Å². The Hall–Kier alpha value is -1.27. The van der Waals surface area contributed by atoms with Crippen LogP contribution in [0.15, 0.2) is 12.2 Å². The predicted octanol–water partition coefficient (Wildman–Crippen LogP) is 5.12. The lowest BCUT2D eigenvalue weighted by atomic mass is 9.98. The topological polar surface area (TPSA) is 214 Å². The Morgan fingerprint density at radius 2 is 1.02 bits per heavy atom. The molecule has 14 nitrogen and oxygen atoms in total. The van der Waals surface area contributed by atoms with E-state index in [1.165, 1.54) is 89.9 Å². The van der Waals surface area contributed by atoms with E-state index in [0.29, 0.717) is 13.0 Å². The average molecular weight is 835 g/mol. The zero-order chi connectivity index (χ0) is 42.4. The third kappa shape index (κ3) is 22.0. The summed E-state index contributed by atoms with van der Waals surface area (Å²) in [5, 5.41) is 71.8. The molecule has 2 heterocycles. The van der Waals surface area contributed by atoms with Crippen LogP contribution >= 0.6 is 0 Å². The first kappa shape index (κ1) is 52.9. The van der Waals surface area contributed by atoms with E-state index >= 15 is 0 Å². The lowest BCUT2D eigenvalue weighted by Gasteiger charge is -2.42. The molecule has 58 heavy (non-hydrogen) atoms. The number of rotatable bonds is 35. The van der Waals surface area contributed by atoms with Crippen LogP contribution in [-0.2, 0) is 33.2 Å². The van der Waals surface area contributed by atoms with Gasteiger partial charge in [-0.1, -0.05) is 129 Å². The summed E-state index contributed by atoms with van der Waals surface area (Å²) in [4.78, 5) is 12.8. The summed E-state index contributed by atoms with van der Waals surface area (Å²) in [5.41, 5.74) is 0. The third-order valence-electron chi connectivity index (χ3n) is 11.0. The molecule has 2 fully saturated rings. The van der Waals surface area contributed by atoms with E-state index in [9.17, 15) is 40.5 Å². The first-order valence-electron chi connectivity index (χ1n) is 22.8. The van der Waals surface area contributed by atoms with Gasteiger partial charge in [0.05, 0.1) is 26.4 Å². The second-order valence-electron chi connectivity index (χ2n) is 16.2. The van der Waals surface area contributed by atoms with Gasteiger partial charge in [0.1, 0.15) is 54.9 Å². The molecule has 0 spiro atoms. The normalized spacial score (nSPS) is 28.3. The van der Waals surface area contributed by atoms with Gasteiger partial charge >= 0.3 is 5.97 Å². The Labute approximate surface area is 348 Å². The van der Waals surface area contributed by atoms with Crippen molar-refractivity contribution >= 4 is 5.97 Å². The average Bonchev–Trinajstić information content (AvgIpc) is 3.22. The van der Waals surface area contributed by atoms with E-state index in [-0.39, 0.29) is 25.6 Å². The van der Waals surface area contributed by atoms with Gasteiger partial charge in [-0.15, -0.1) is 0 Å². The van der Waals surface area contributed by atoms with Crippen molar-refractivity contribution in [2.24, 2.45) is 0 Å². The van der Waals surface area contributed by atoms with Crippen LogP contribution in [0.2, 0.25) is 0 Å². The zero-order valence-electron chi connectivity index (χ0n) is 35.8. The molecule has 0 aromatic carbocycles. The Balaban J connectivity index is 1.79. The van der Waals surface area contributed by atoms with Crippen molar-refractivity contribution in [2.75, 3.05) is 33.0 Å². The van der Waals surface area contributed by atoms with Crippen LogP contribution in [0, 0.1) is 0 Å². The lowest BCUT2D eigenvalue weighted by Crippen LogP contribution is -2.61. The number of aliphatic hydroxyl groups is 7. The van der Waals surface area contributed by atoms with Gasteiger partial charge in [0.2, 0.25) is 0 Å². The summed E-state index contributed by atoms with van der Waals surface area (Å²) in [6.45, 7) is 3.63. The number of hydrogen-bond acceptors (Lipinski definition) is 14. The molecular weight excluding hydrogens is 752 g/mol. The van der Waals surface area contributed by atoms with Crippen LogP contribution in [0.25, 0.3) is 0 Å². The minimum Gasteiger partial charge on any atom is -0.457 e. The Kier molecular flexibility index (Phi) is 30.4. The van der Waals surface area contributed by atoms with Crippen LogP contribution in [0.1, 0.15) is 162 Å². The van der Waals surface area contributed by atoms with Crippen molar-refractivity contribution in [3.05, 3.63) is 12.2 Å². The smallest absolute Gasteiger partial charge is 0.306 e. The van der Waals surface area contributed by atoms with Crippen LogP contribution < -0.4 is 0 Å². The van der Waals surface area contributed by atoms with Crippen molar-refractivity contribution in [1.29, 1.82) is 0 Å². The number of carbonyl (C=O) groups excluding carboxylic acids is 1. The fourth-order valence-electron chi connectivity index (χ4n) is 7.22. The predicted molar refractivity (Wildman–Crippen MR) is 220 cm³/mol. The zero-order valence-corrected chi connectivity index (χ0v) is 35.8. The first-order valence-corrected chi connectivity index (χ1v) is 22.8. The summed E-state index contributed by atoms with van der Waals surface area (Å²) < 4.78 is 34.1. The third-order valence-corrected chi connectivity index (χ3v) is 11.0. The molecule has 0 radical (unpaired) electrons. The maximum atomic E-state index is 12.8. The number of carbonyl (C=O) groups is 1. The number of hydrogen-bond donors (Lipinski definition) is 7. The summed E-state index contributed by atoms with van der Waals surface area (Å²) in [6.07, 6.45) is 14.4. The van der Waals surface area contributed by atoms with Gasteiger partial charge in [-0.05, 0) is 38.5 Å². The van der Waals surface area contributed by atoms with Crippen LogP contribution in [0.5, 0.6) is 0 Å². The summed E-state index contributed by atoms with van der Waals surface area (Å²) >= 11 is 0. The van der Waals surface area contributed by atoms with Gasteiger partial charge in [-0.25, -0.2) is 0 Å². The quantitative estimate of drug-likeness (QED) is 0.0251. The fourth-order valence-corrected chi connectivity index (χ4v) is 7.22. The molecule has 342 valence electrons. The van der Waals surface area contributed by atoms with Crippen molar-refractivity contribution < 1.29 is 69.0 Å². The van der Waals surface area contributed by atoms with E-state index in [1.807, 2.05) is 0 Å². The van der Waals surface area contributed by atoms with Crippen LogP contribution in [0.3, 0.4) is 0 Å². The minimum atomic E-state index is -1.70. The molecule has 7 N–H and O–H groups in total. The van der Waals surface area contributed by atoms with E-state index in [2.05, 4.69) is 26.0 Å². The van der Waals surface area contributed by atoms with E-state index in [1.54, 1.807) is 0 Å². The molecule has 2 aliphatic heterocycles. The molecule has 2 rings (SSSR count). The van der Waals surface area contributed by atoms with E-state index < -0.39 is 80.7 Å². The molecule has 0 bridgehead atoms. The van der Waals surface area contributed by atoms with Crippen molar-refractivity contribution in [2.45, 2.75) is 229 Å². The van der Waals surface area contributed by atoms with Gasteiger partial charge in [0.25, 0.3) is 0 Å². The van der Waals surface area contributed by atoms with Gasteiger partial charge in [-0.3, -0.25) is 4.79 Å². The van der Waals surface area contributed by atoms with Crippen molar-refractivity contribution in [3.8, 4) is 0 Å². The molecule has 14 heteroatoms. The van der Waals surface area contributed by atoms with Gasteiger partial charge in [0.15, 0.2) is 12.6 Å². The number of ether oxygens (including phenoxy) is 6. The first-order chi connectivity index (χ1) is 28.1. The Morgan fingerprint density at radius 3 is 1.57 bits per heavy atom. The number of aliphatic hydroxyl groups excluding tert-OH is 7. The van der Waals surface area contributed by atoms with Gasteiger partial charge in [-0.2, -0.15) is 0 Å². The van der Waals surface area contributed by atoms with E-state index in [0.717, 1.165) is 44.9 Å². The fraction of sp³-hybridized carbons (Fsp3) is 0.932. The highest BCUT2D eigenvalue weighted by Gasteiger charge is 2.47. The minimum absolute atomic E-state index is 0.0614. The standard InChI is InChI=1S/C44H82O14/c1-3-5-7-9-11-13-14-15-16-17-18-19-20-22-24-26-28-53-30-33(56-36(46)27-25-23-21-12-10-8-6-4-2)31-54-43-42(52)40(50)38(48)35(58-43)32-55-44-41(51)39(49)37(47)34(29-45)57-44/h15-16,33-35,37-45,47-52H,3-14,17-32H2,1-2H3/b16-15-. The Morgan fingerprint density at radius 1 is 0.552 bits per heavy atom. The monoisotopic (exact) mass is 835 g/mol. The highest BCUT2D eigenvalue weighted by atomic mass is 16.7. The highest BCUT2D eigenvalue weighted by Crippen LogP contribution is 2.26. The second kappa shape index (κ2) is 33.4. The number of esters is 1. The number of unbranched alkanes of at least 4 members (excludes halogenated alkanes) is 19. The van der Waals surface area contributed by atoms with Crippen molar-refractivity contribution in [1.82, 2.24) is 0 Å². The molecule has 0 aromatic heterocycles. The number of allylic oxidation sites excluding steroid dienone is 2. The lowest BCUT2D eigenvalue weighted by molar-refractivity contribution is -0.332. The molecule has 2 aliphatic rings. The molecule has 11 unspecified atom stereocenters. The molecule has 0 aromatic rings. The largest absolute Gasteiger partial charge is 0.457 e. The maximum absolute atomic E-state index is 12.8. The summed E-state index contributed by atoms with van der Waals surface area (Å²) in [6, 6.07) is 0.